The Morgan fingerprint density at radius 1 is 1.21 bits per heavy atom. The van der Waals surface area contributed by atoms with Gasteiger partial charge in [-0.3, -0.25) is 4.79 Å². The lowest BCUT2D eigenvalue weighted by molar-refractivity contribution is -0.132. The fraction of sp³-hybridized carbons (Fsp3) is 0.263. The number of carbonyl (C=O) groups is 1. The minimum absolute atomic E-state index is 0.0305. The molecule has 1 heterocycles. The van der Waals surface area contributed by atoms with E-state index in [2.05, 4.69) is 21.0 Å². The molecule has 2 aromatic rings. The van der Waals surface area contributed by atoms with Crippen LogP contribution in [0.2, 0.25) is 0 Å². The van der Waals surface area contributed by atoms with Crippen LogP contribution in [0, 0.1) is 0 Å². The van der Waals surface area contributed by atoms with E-state index in [1.807, 2.05) is 55.5 Å². The zero-order chi connectivity index (χ0) is 17.1. The van der Waals surface area contributed by atoms with Crippen molar-refractivity contribution in [2.45, 2.75) is 25.8 Å². The lowest BCUT2D eigenvalue weighted by Gasteiger charge is -2.21. The third-order valence-electron chi connectivity index (χ3n) is 4.15. The lowest BCUT2D eigenvalue weighted by Crippen LogP contribution is -2.26. The molecular formula is C19H19BrN2O2. The number of hydrogen-bond acceptors (Lipinski definition) is 3. The van der Waals surface area contributed by atoms with Gasteiger partial charge in [0.15, 0.2) is 0 Å². The maximum absolute atomic E-state index is 12.3. The van der Waals surface area contributed by atoms with Crippen LogP contribution in [-0.2, 0) is 4.79 Å². The van der Waals surface area contributed by atoms with E-state index in [9.17, 15) is 4.79 Å². The van der Waals surface area contributed by atoms with E-state index in [4.69, 9.17) is 4.74 Å². The Balaban J connectivity index is 1.91. The highest BCUT2D eigenvalue weighted by atomic mass is 79.9. The van der Waals surface area contributed by atoms with Crippen molar-refractivity contribution >= 4 is 27.5 Å². The van der Waals surface area contributed by atoms with Crippen LogP contribution >= 0.6 is 15.9 Å². The zero-order valence-corrected chi connectivity index (χ0v) is 15.3. The molecule has 0 saturated carbocycles. The number of rotatable bonds is 4. The van der Waals surface area contributed by atoms with E-state index in [1.165, 1.54) is 0 Å². The van der Waals surface area contributed by atoms with Crippen LogP contribution in [0.15, 0.2) is 58.1 Å². The molecule has 0 aromatic heterocycles. The summed E-state index contributed by atoms with van der Waals surface area (Å²) in [6.45, 7) is 1.86. The van der Waals surface area contributed by atoms with Crippen molar-refractivity contribution in [2.24, 2.45) is 5.10 Å². The maximum Gasteiger partial charge on any atom is 0.242 e. The number of carbonyl (C=O) groups excluding carboxylic acids is 1. The van der Waals surface area contributed by atoms with Gasteiger partial charge in [-0.05, 0) is 35.4 Å². The van der Waals surface area contributed by atoms with Gasteiger partial charge in [0.1, 0.15) is 5.75 Å². The Hall–Kier alpha value is -2.14. The maximum atomic E-state index is 12.3. The number of nitrogens with zero attached hydrogens (tertiary/aromatic N) is 2. The van der Waals surface area contributed by atoms with Gasteiger partial charge in [0.2, 0.25) is 5.91 Å². The number of halogens is 1. The number of hydrogen-bond donors (Lipinski definition) is 0. The normalized spacial score (nSPS) is 16.9. The smallest absolute Gasteiger partial charge is 0.242 e. The summed E-state index contributed by atoms with van der Waals surface area (Å²) in [6.07, 6.45) is 1.14. The number of amides is 1. The summed E-state index contributed by atoms with van der Waals surface area (Å²) in [5, 5.41) is 6.24. The van der Waals surface area contributed by atoms with Crippen molar-refractivity contribution in [3.8, 4) is 5.75 Å². The molecule has 1 aliphatic rings. The minimum Gasteiger partial charge on any atom is -0.497 e. The predicted octanol–water partition coefficient (Wildman–Crippen LogP) is 4.55. The largest absolute Gasteiger partial charge is 0.497 e. The molecule has 0 aliphatic carbocycles. The standard InChI is InChI=1S/C19H19BrN2O2/c1-3-19(23)22-18(14-6-10-16(24-2)11-7-14)12-17(21-22)13-4-8-15(20)9-5-13/h4-11,18H,3,12H2,1-2H3/t18-/m0/s1. The van der Waals surface area contributed by atoms with Crippen LogP contribution in [0.5, 0.6) is 5.75 Å². The van der Waals surface area contributed by atoms with Crippen LogP contribution in [-0.4, -0.2) is 23.7 Å². The lowest BCUT2D eigenvalue weighted by atomic mass is 9.98. The first-order chi connectivity index (χ1) is 11.6. The topological polar surface area (TPSA) is 41.9 Å². The van der Waals surface area contributed by atoms with E-state index in [0.717, 1.165) is 27.1 Å². The molecule has 1 aliphatic heterocycles. The Labute approximate surface area is 150 Å². The van der Waals surface area contributed by atoms with Gasteiger partial charge in [-0.1, -0.05) is 47.1 Å². The molecule has 0 radical (unpaired) electrons. The van der Waals surface area contributed by atoms with Crippen LogP contribution in [0.25, 0.3) is 0 Å². The van der Waals surface area contributed by atoms with Crippen molar-refractivity contribution in [2.75, 3.05) is 7.11 Å². The second-order valence-corrected chi connectivity index (χ2v) is 6.55. The third kappa shape index (κ3) is 3.36. The number of methoxy groups -OCH3 is 1. The van der Waals surface area contributed by atoms with E-state index >= 15 is 0 Å². The molecule has 0 N–H and O–H groups in total. The molecule has 24 heavy (non-hydrogen) atoms. The molecular weight excluding hydrogens is 368 g/mol. The number of ether oxygens (including phenoxy) is 1. The van der Waals surface area contributed by atoms with Gasteiger partial charge >= 0.3 is 0 Å². The molecule has 1 atom stereocenters. The van der Waals surface area contributed by atoms with Gasteiger partial charge in [-0.15, -0.1) is 0 Å². The molecule has 4 nitrogen and oxygen atoms in total. The molecule has 0 fully saturated rings. The highest BCUT2D eigenvalue weighted by Crippen LogP contribution is 2.34. The van der Waals surface area contributed by atoms with E-state index < -0.39 is 0 Å². The van der Waals surface area contributed by atoms with Crippen molar-refractivity contribution in [3.63, 3.8) is 0 Å². The molecule has 3 rings (SSSR count). The average molecular weight is 387 g/mol. The first kappa shape index (κ1) is 16.7. The molecule has 0 saturated heterocycles. The second-order valence-electron chi connectivity index (χ2n) is 5.64. The van der Waals surface area contributed by atoms with Crippen LogP contribution in [0.1, 0.15) is 36.9 Å². The van der Waals surface area contributed by atoms with Gasteiger partial charge in [0.05, 0.1) is 18.9 Å². The first-order valence-electron chi connectivity index (χ1n) is 7.91. The SMILES string of the molecule is CCC(=O)N1N=C(c2ccc(Br)cc2)C[C@H]1c1ccc(OC)cc1. The predicted molar refractivity (Wildman–Crippen MR) is 98.2 cm³/mol. The summed E-state index contributed by atoms with van der Waals surface area (Å²) in [5.74, 6) is 0.835. The summed E-state index contributed by atoms with van der Waals surface area (Å²) < 4.78 is 6.24. The Morgan fingerprint density at radius 2 is 1.88 bits per heavy atom. The zero-order valence-electron chi connectivity index (χ0n) is 13.7. The van der Waals surface area contributed by atoms with Gasteiger partial charge in [-0.2, -0.15) is 5.10 Å². The van der Waals surface area contributed by atoms with Gasteiger partial charge < -0.3 is 4.74 Å². The molecule has 2 aromatic carbocycles. The van der Waals surface area contributed by atoms with Crippen LogP contribution < -0.4 is 4.74 Å². The fourth-order valence-corrected chi connectivity index (χ4v) is 3.07. The van der Waals surface area contributed by atoms with E-state index in [0.29, 0.717) is 12.8 Å². The third-order valence-corrected chi connectivity index (χ3v) is 4.68. The Bertz CT molecular complexity index is 754. The highest BCUT2D eigenvalue weighted by Gasteiger charge is 2.32. The molecule has 0 spiro atoms. The second kappa shape index (κ2) is 7.18. The van der Waals surface area contributed by atoms with Crippen LogP contribution in [0.4, 0.5) is 0 Å². The van der Waals surface area contributed by atoms with Gasteiger partial charge in [0, 0.05) is 17.3 Å². The number of benzene rings is 2. The van der Waals surface area contributed by atoms with Gasteiger partial charge in [0.25, 0.3) is 0 Å². The molecule has 5 heteroatoms. The Morgan fingerprint density at radius 3 is 2.46 bits per heavy atom. The number of hydrazone groups is 1. The quantitative estimate of drug-likeness (QED) is 0.773. The summed E-state index contributed by atoms with van der Waals surface area (Å²) in [7, 11) is 1.65. The van der Waals surface area contributed by atoms with E-state index in [1.54, 1.807) is 12.1 Å². The van der Waals surface area contributed by atoms with Gasteiger partial charge in [-0.25, -0.2) is 5.01 Å². The minimum atomic E-state index is -0.0676. The van der Waals surface area contributed by atoms with Crippen molar-refractivity contribution in [1.82, 2.24) is 5.01 Å². The summed E-state index contributed by atoms with van der Waals surface area (Å²) in [5.41, 5.74) is 3.04. The summed E-state index contributed by atoms with van der Waals surface area (Å²) in [4.78, 5) is 12.3. The highest BCUT2D eigenvalue weighted by molar-refractivity contribution is 9.10. The first-order valence-corrected chi connectivity index (χ1v) is 8.71. The Kier molecular flexibility index (Phi) is 5.00. The van der Waals surface area contributed by atoms with E-state index in [-0.39, 0.29) is 11.9 Å². The van der Waals surface area contributed by atoms with Crippen LogP contribution in [0.3, 0.4) is 0 Å². The molecule has 0 unspecified atom stereocenters. The molecule has 0 bridgehead atoms. The van der Waals surface area contributed by atoms with Crippen molar-refractivity contribution in [3.05, 3.63) is 64.1 Å². The monoisotopic (exact) mass is 386 g/mol. The van der Waals surface area contributed by atoms with Crippen molar-refractivity contribution in [1.29, 1.82) is 0 Å². The fourth-order valence-electron chi connectivity index (χ4n) is 2.80. The van der Waals surface area contributed by atoms with Crippen molar-refractivity contribution < 1.29 is 9.53 Å². The average Bonchev–Trinajstić information content (AvgIpc) is 3.07. The summed E-state index contributed by atoms with van der Waals surface area (Å²) >= 11 is 3.45. The summed E-state index contributed by atoms with van der Waals surface area (Å²) in [6, 6.07) is 15.8. The molecule has 1 amide bonds. The molecule has 124 valence electrons.